The third-order valence-electron chi connectivity index (χ3n) is 2.73. The summed E-state index contributed by atoms with van der Waals surface area (Å²) in [5, 5.41) is 10.2. The molecule has 3 aromatic rings. The van der Waals surface area contributed by atoms with Gasteiger partial charge in [0, 0.05) is 11.9 Å². The summed E-state index contributed by atoms with van der Waals surface area (Å²) in [7, 11) is 0. The molecule has 0 atom stereocenters. The van der Waals surface area contributed by atoms with Gasteiger partial charge in [-0.2, -0.15) is 0 Å². The van der Waals surface area contributed by atoms with Crippen molar-refractivity contribution in [2.24, 2.45) is 0 Å². The number of hydrogen-bond acceptors (Lipinski definition) is 3. The second kappa shape index (κ2) is 4.90. The zero-order valence-electron chi connectivity index (χ0n) is 10.0. The van der Waals surface area contributed by atoms with Gasteiger partial charge < -0.3 is 5.32 Å². The van der Waals surface area contributed by atoms with Crippen molar-refractivity contribution in [3.63, 3.8) is 0 Å². The average molecular weight is 291 g/mol. The summed E-state index contributed by atoms with van der Waals surface area (Å²) in [6, 6.07) is 7.30. The minimum atomic E-state index is -0.532. The molecule has 1 N–H and O–H groups in total. The fourth-order valence-corrected chi connectivity index (χ4v) is 1.92. The van der Waals surface area contributed by atoms with Crippen LogP contribution in [-0.2, 0) is 0 Å². The van der Waals surface area contributed by atoms with E-state index in [-0.39, 0.29) is 10.9 Å². The van der Waals surface area contributed by atoms with Crippen molar-refractivity contribution in [1.29, 1.82) is 0 Å². The van der Waals surface area contributed by atoms with E-state index in [1.807, 2.05) is 0 Å². The third-order valence-corrected chi connectivity index (χ3v) is 3.02. The summed E-state index contributed by atoms with van der Waals surface area (Å²) in [6.45, 7) is 0. The smallest absolute Gasteiger partial charge is 0.257 e. The van der Waals surface area contributed by atoms with Crippen LogP contribution in [0.3, 0.4) is 0 Å². The van der Waals surface area contributed by atoms with Crippen LogP contribution in [0.4, 0.5) is 10.1 Å². The maximum Gasteiger partial charge on any atom is 0.257 e. The van der Waals surface area contributed by atoms with Gasteiger partial charge in [-0.05, 0) is 30.3 Å². The number of pyridine rings is 1. The lowest BCUT2D eigenvalue weighted by molar-refractivity contribution is 0.102. The molecule has 0 unspecified atom stereocenters. The van der Waals surface area contributed by atoms with Crippen molar-refractivity contribution in [1.82, 2.24) is 14.6 Å². The topological polar surface area (TPSA) is 59.3 Å². The molecule has 0 spiro atoms. The lowest BCUT2D eigenvalue weighted by atomic mass is 10.2. The maximum atomic E-state index is 13.0. The van der Waals surface area contributed by atoms with Crippen LogP contribution in [-0.4, -0.2) is 20.5 Å². The number of fused-ring (bicyclic) bond motifs is 1. The first-order valence-corrected chi connectivity index (χ1v) is 6.07. The van der Waals surface area contributed by atoms with E-state index < -0.39 is 5.82 Å². The zero-order chi connectivity index (χ0) is 14.1. The highest BCUT2D eigenvalue weighted by atomic mass is 35.5. The first-order chi connectivity index (χ1) is 9.63. The van der Waals surface area contributed by atoms with Crippen molar-refractivity contribution >= 4 is 28.8 Å². The second-order valence-corrected chi connectivity index (χ2v) is 4.50. The van der Waals surface area contributed by atoms with Gasteiger partial charge in [0.15, 0.2) is 5.65 Å². The van der Waals surface area contributed by atoms with Crippen LogP contribution in [0.2, 0.25) is 5.02 Å². The first kappa shape index (κ1) is 12.6. The molecule has 2 heterocycles. The van der Waals surface area contributed by atoms with Crippen LogP contribution in [0.5, 0.6) is 0 Å². The number of halogens is 2. The predicted octanol–water partition coefficient (Wildman–Crippen LogP) is 2.77. The monoisotopic (exact) mass is 290 g/mol. The molecule has 100 valence electrons. The molecule has 0 saturated carbocycles. The van der Waals surface area contributed by atoms with Crippen LogP contribution in [0.1, 0.15) is 10.4 Å². The number of carbonyl (C=O) groups is 1. The number of nitrogens with one attached hydrogen (secondary N) is 1. The average Bonchev–Trinajstić information content (AvgIpc) is 2.90. The van der Waals surface area contributed by atoms with E-state index in [9.17, 15) is 9.18 Å². The number of hydrogen-bond donors (Lipinski definition) is 1. The molecule has 0 saturated heterocycles. The van der Waals surface area contributed by atoms with Gasteiger partial charge in [-0.25, -0.2) is 4.39 Å². The molecule has 3 rings (SSSR count). The summed E-state index contributed by atoms with van der Waals surface area (Å²) in [6.07, 6.45) is 3.11. The predicted molar refractivity (Wildman–Crippen MR) is 72.4 cm³/mol. The minimum absolute atomic E-state index is 0.0444. The molecule has 0 fully saturated rings. The molecule has 5 nitrogen and oxygen atoms in total. The summed E-state index contributed by atoms with van der Waals surface area (Å²) in [5.74, 6) is -0.862. The summed E-state index contributed by atoms with van der Waals surface area (Å²) >= 11 is 5.66. The van der Waals surface area contributed by atoms with Gasteiger partial charge in [-0.15, -0.1) is 10.2 Å². The minimum Gasteiger partial charge on any atom is -0.322 e. The van der Waals surface area contributed by atoms with Crippen molar-refractivity contribution in [2.45, 2.75) is 0 Å². The van der Waals surface area contributed by atoms with Crippen molar-refractivity contribution in [3.8, 4) is 0 Å². The molecule has 20 heavy (non-hydrogen) atoms. The highest BCUT2D eigenvalue weighted by Gasteiger charge is 2.09. The number of rotatable bonds is 2. The Labute approximate surface area is 118 Å². The first-order valence-electron chi connectivity index (χ1n) is 5.69. The summed E-state index contributed by atoms with van der Waals surface area (Å²) < 4.78 is 14.7. The molecule has 2 aromatic heterocycles. The zero-order valence-corrected chi connectivity index (χ0v) is 10.8. The molecule has 0 aliphatic heterocycles. The van der Waals surface area contributed by atoms with Crippen molar-refractivity contribution in [2.75, 3.05) is 5.32 Å². The Balaban J connectivity index is 1.86. The molecule has 0 bridgehead atoms. The normalized spacial score (nSPS) is 10.7. The largest absolute Gasteiger partial charge is 0.322 e. The maximum absolute atomic E-state index is 13.0. The van der Waals surface area contributed by atoms with E-state index in [0.29, 0.717) is 16.9 Å². The van der Waals surface area contributed by atoms with Crippen LogP contribution in [0, 0.1) is 5.82 Å². The van der Waals surface area contributed by atoms with Gasteiger partial charge in [0.1, 0.15) is 12.1 Å². The highest BCUT2D eigenvalue weighted by molar-refractivity contribution is 6.31. The van der Waals surface area contributed by atoms with Crippen LogP contribution < -0.4 is 5.32 Å². The van der Waals surface area contributed by atoms with Gasteiger partial charge in [-0.3, -0.25) is 9.20 Å². The van der Waals surface area contributed by atoms with E-state index in [4.69, 9.17) is 11.6 Å². The number of anilines is 1. The summed E-state index contributed by atoms with van der Waals surface area (Å²) in [4.78, 5) is 12.1. The van der Waals surface area contributed by atoms with E-state index in [1.165, 1.54) is 24.5 Å². The number of carbonyl (C=O) groups excluding carboxylic acids is 1. The Morgan fingerprint density at radius 1 is 1.30 bits per heavy atom. The van der Waals surface area contributed by atoms with Gasteiger partial charge in [0.2, 0.25) is 0 Å². The summed E-state index contributed by atoms with van der Waals surface area (Å²) in [5.41, 5.74) is 1.49. The van der Waals surface area contributed by atoms with Gasteiger partial charge >= 0.3 is 0 Å². The molecule has 7 heteroatoms. The van der Waals surface area contributed by atoms with Gasteiger partial charge in [-0.1, -0.05) is 11.6 Å². The molecule has 0 aliphatic carbocycles. The van der Waals surface area contributed by atoms with Crippen molar-refractivity contribution in [3.05, 3.63) is 59.3 Å². The fourth-order valence-electron chi connectivity index (χ4n) is 1.74. The lowest BCUT2D eigenvalue weighted by Crippen LogP contribution is -2.12. The Morgan fingerprint density at radius 2 is 2.15 bits per heavy atom. The number of nitrogens with zero attached hydrogens (tertiary/aromatic N) is 3. The molecular formula is C13H8ClFN4O. The van der Waals surface area contributed by atoms with Gasteiger partial charge in [0.25, 0.3) is 5.91 Å². The Bertz CT molecular complexity index is 802. The highest BCUT2D eigenvalue weighted by Crippen LogP contribution is 2.19. The van der Waals surface area contributed by atoms with Crippen molar-refractivity contribution < 1.29 is 9.18 Å². The van der Waals surface area contributed by atoms with Crippen LogP contribution in [0.25, 0.3) is 5.65 Å². The Morgan fingerprint density at radius 3 is 2.95 bits per heavy atom. The molecule has 1 aromatic carbocycles. The van der Waals surface area contributed by atoms with Crippen LogP contribution >= 0.6 is 11.6 Å². The second-order valence-electron chi connectivity index (χ2n) is 4.10. The van der Waals surface area contributed by atoms with Crippen LogP contribution in [0.15, 0.2) is 42.9 Å². The van der Waals surface area contributed by atoms with Gasteiger partial charge in [0.05, 0.1) is 10.6 Å². The van der Waals surface area contributed by atoms with E-state index in [1.54, 1.807) is 22.7 Å². The SMILES string of the molecule is O=C(Nc1ccc(F)c(Cl)c1)c1ccc2nncn2c1. The number of benzene rings is 1. The number of amides is 1. The Kier molecular flexibility index (Phi) is 3.08. The Hall–Kier alpha value is -2.47. The van der Waals surface area contributed by atoms with E-state index in [0.717, 1.165) is 0 Å². The number of aromatic nitrogens is 3. The molecule has 0 radical (unpaired) electrons. The fraction of sp³-hybridized carbons (Fsp3) is 0. The standard InChI is InChI=1S/C13H8ClFN4O/c14-10-5-9(2-3-11(10)15)17-13(20)8-1-4-12-18-16-7-19(12)6-8/h1-7H,(H,17,20). The molecule has 1 amide bonds. The third kappa shape index (κ3) is 2.33. The lowest BCUT2D eigenvalue weighted by Gasteiger charge is -2.06. The molecular weight excluding hydrogens is 283 g/mol. The quantitative estimate of drug-likeness (QED) is 0.789. The molecule has 0 aliphatic rings. The van der Waals surface area contributed by atoms with E-state index in [2.05, 4.69) is 15.5 Å². The van der Waals surface area contributed by atoms with E-state index >= 15 is 0 Å².